The fourth-order valence-electron chi connectivity index (χ4n) is 3.28. The minimum Gasteiger partial charge on any atom is -0.497 e. The Morgan fingerprint density at radius 3 is 2.90 bits per heavy atom. The van der Waals surface area contributed by atoms with Crippen LogP contribution in [0.1, 0.15) is 39.2 Å². The summed E-state index contributed by atoms with van der Waals surface area (Å²) < 4.78 is 11.1. The van der Waals surface area contributed by atoms with Crippen molar-refractivity contribution in [2.75, 3.05) is 20.3 Å². The van der Waals surface area contributed by atoms with Gasteiger partial charge in [-0.15, -0.1) is 0 Å². The summed E-state index contributed by atoms with van der Waals surface area (Å²) in [5.41, 5.74) is 3.15. The maximum atomic E-state index is 5.86. The molecule has 4 nitrogen and oxygen atoms in total. The molecule has 158 valence electrons. The Kier molecular flexibility index (Phi) is 9.89. The fraction of sp³-hybridized carbons (Fsp3) is 0.480. The molecule has 1 aliphatic heterocycles. The van der Waals surface area contributed by atoms with Gasteiger partial charge in [0.1, 0.15) is 5.75 Å². The quantitative estimate of drug-likeness (QED) is 0.313. The van der Waals surface area contributed by atoms with Gasteiger partial charge in [0.15, 0.2) is 0 Å². The van der Waals surface area contributed by atoms with Crippen molar-refractivity contribution in [1.82, 2.24) is 5.32 Å². The minimum absolute atomic E-state index is 0.133. The van der Waals surface area contributed by atoms with Crippen LogP contribution in [0.15, 0.2) is 65.3 Å². The zero-order valence-electron chi connectivity index (χ0n) is 18.4. The summed E-state index contributed by atoms with van der Waals surface area (Å²) in [5.74, 6) is 2.04. The summed E-state index contributed by atoms with van der Waals surface area (Å²) in [6.45, 7) is 12.8. The fourth-order valence-corrected chi connectivity index (χ4v) is 3.28. The van der Waals surface area contributed by atoms with Crippen LogP contribution in [0.2, 0.25) is 0 Å². The third-order valence-corrected chi connectivity index (χ3v) is 5.29. The van der Waals surface area contributed by atoms with Gasteiger partial charge in [-0.1, -0.05) is 43.9 Å². The second-order valence-electron chi connectivity index (χ2n) is 7.85. The standard InChI is InChI=1S/C25H36N2O2/c1-6-19(2)16-26-21(4)25-11-10-22(17-27-25)14-20(3)12-13-29-18-23-8-7-9-24(15-23)28-5/h6-11,15-16,20,22,25,27H,4,12-14,17-18H2,1-3,5H3/b19-6-,26-16?/t20?,22-,25?/m1/s1. The highest BCUT2D eigenvalue weighted by Crippen LogP contribution is 2.21. The lowest BCUT2D eigenvalue weighted by atomic mass is 9.90. The van der Waals surface area contributed by atoms with E-state index in [0.29, 0.717) is 18.4 Å². The molecule has 29 heavy (non-hydrogen) atoms. The number of methoxy groups -OCH3 is 1. The molecule has 0 bridgehead atoms. The molecule has 3 atom stereocenters. The number of nitrogens with zero attached hydrogens (tertiary/aromatic N) is 1. The zero-order valence-corrected chi connectivity index (χ0v) is 18.4. The average molecular weight is 397 g/mol. The molecule has 0 aromatic heterocycles. The van der Waals surface area contributed by atoms with Gasteiger partial charge in [0, 0.05) is 19.4 Å². The van der Waals surface area contributed by atoms with E-state index in [1.165, 1.54) is 0 Å². The van der Waals surface area contributed by atoms with Crippen LogP contribution >= 0.6 is 0 Å². The Hall–Kier alpha value is -2.17. The summed E-state index contributed by atoms with van der Waals surface area (Å²) in [4.78, 5) is 4.46. The van der Waals surface area contributed by atoms with Crippen molar-refractivity contribution in [1.29, 1.82) is 0 Å². The number of hydrogen-bond acceptors (Lipinski definition) is 4. The predicted molar refractivity (Wildman–Crippen MR) is 123 cm³/mol. The maximum absolute atomic E-state index is 5.86. The van der Waals surface area contributed by atoms with Crippen molar-refractivity contribution < 1.29 is 9.47 Å². The monoisotopic (exact) mass is 396 g/mol. The van der Waals surface area contributed by atoms with Crippen LogP contribution in [0.4, 0.5) is 0 Å². The lowest BCUT2D eigenvalue weighted by Crippen LogP contribution is -2.36. The normalized spacial score (nSPS) is 20.8. The minimum atomic E-state index is 0.133. The molecular weight excluding hydrogens is 360 g/mol. The predicted octanol–water partition coefficient (Wildman–Crippen LogP) is 5.32. The highest BCUT2D eigenvalue weighted by atomic mass is 16.5. The number of rotatable bonds is 11. The molecule has 0 amide bonds. The Morgan fingerprint density at radius 2 is 2.21 bits per heavy atom. The SMILES string of the molecule is C=C(N=C/C(C)=C\C)C1C=C[C@H](CC(C)CCOCc2cccc(OC)c2)CN1. The molecule has 1 aromatic rings. The molecule has 2 unspecified atom stereocenters. The number of allylic oxidation sites excluding steroid dienone is 2. The van der Waals surface area contributed by atoms with Gasteiger partial charge < -0.3 is 14.8 Å². The van der Waals surface area contributed by atoms with Crippen molar-refractivity contribution in [3.8, 4) is 5.75 Å². The largest absolute Gasteiger partial charge is 0.497 e. The molecule has 0 saturated carbocycles. The van der Waals surface area contributed by atoms with Crippen molar-refractivity contribution in [2.24, 2.45) is 16.8 Å². The lowest BCUT2D eigenvalue weighted by molar-refractivity contribution is 0.106. The Labute approximate surface area is 176 Å². The van der Waals surface area contributed by atoms with E-state index in [2.05, 4.69) is 42.0 Å². The first-order valence-corrected chi connectivity index (χ1v) is 10.5. The van der Waals surface area contributed by atoms with Crippen molar-refractivity contribution in [2.45, 2.75) is 46.3 Å². The lowest BCUT2D eigenvalue weighted by Gasteiger charge is -2.26. The first kappa shape index (κ1) is 23.1. The van der Waals surface area contributed by atoms with Gasteiger partial charge in [-0.2, -0.15) is 0 Å². The van der Waals surface area contributed by atoms with E-state index in [-0.39, 0.29) is 6.04 Å². The summed E-state index contributed by atoms with van der Waals surface area (Å²) in [7, 11) is 1.69. The maximum Gasteiger partial charge on any atom is 0.119 e. The molecule has 0 saturated heterocycles. The van der Waals surface area contributed by atoms with Crippen LogP contribution < -0.4 is 10.1 Å². The molecule has 2 rings (SSSR count). The number of ether oxygens (including phenoxy) is 2. The van der Waals surface area contributed by atoms with Gasteiger partial charge in [0.25, 0.3) is 0 Å². The molecule has 4 heteroatoms. The van der Waals surface area contributed by atoms with Crippen LogP contribution in [0.25, 0.3) is 0 Å². The van der Waals surface area contributed by atoms with E-state index in [4.69, 9.17) is 9.47 Å². The number of hydrogen-bond donors (Lipinski definition) is 1. The molecule has 1 aromatic carbocycles. The third kappa shape index (κ3) is 8.38. The second-order valence-corrected chi connectivity index (χ2v) is 7.85. The molecule has 0 aliphatic carbocycles. The molecule has 1 N–H and O–H groups in total. The average Bonchev–Trinajstić information content (AvgIpc) is 2.75. The first-order chi connectivity index (χ1) is 14.0. The molecule has 0 fully saturated rings. The Balaban J connectivity index is 1.67. The first-order valence-electron chi connectivity index (χ1n) is 10.5. The van der Waals surface area contributed by atoms with E-state index in [1.54, 1.807) is 7.11 Å². The summed E-state index contributed by atoms with van der Waals surface area (Å²) >= 11 is 0. The zero-order chi connectivity index (χ0) is 21.1. The van der Waals surface area contributed by atoms with Gasteiger partial charge in [-0.3, -0.25) is 4.99 Å². The number of nitrogens with one attached hydrogen (secondary N) is 1. The van der Waals surface area contributed by atoms with Crippen LogP contribution in [0, 0.1) is 11.8 Å². The number of benzene rings is 1. The van der Waals surface area contributed by atoms with E-state index in [1.807, 2.05) is 44.3 Å². The Morgan fingerprint density at radius 1 is 1.38 bits per heavy atom. The van der Waals surface area contributed by atoms with Gasteiger partial charge in [-0.05, 0) is 61.8 Å². The van der Waals surface area contributed by atoms with Crippen LogP contribution in [-0.2, 0) is 11.3 Å². The van der Waals surface area contributed by atoms with Crippen LogP contribution in [-0.4, -0.2) is 32.5 Å². The molecule has 0 radical (unpaired) electrons. The van der Waals surface area contributed by atoms with Gasteiger partial charge >= 0.3 is 0 Å². The van der Waals surface area contributed by atoms with Crippen molar-refractivity contribution in [3.05, 3.63) is 65.9 Å². The van der Waals surface area contributed by atoms with Gasteiger partial charge in [0.05, 0.1) is 25.5 Å². The van der Waals surface area contributed by atoms with Crippen LogP contribution in [0.3, 0.4) is 0 Å². The second kappa shape index (κ2) is 12.4. The molecule has 1 heterocycles. The molecule has 0 spiro atoms. The van der Waals surface area contributed by atoms with Gasteiger partial charge in [0.2, 0.25) is 0 Å². The number of aliphatic imine (C=N–C) groups is 1. The Bertz CT molecular complexity index is 736. The summed E-state index contributed by atoms with van der Waals surface area (Å²) in [5, 5.41) is 3.55. The van der Waals surface area contributed by atoms with E-state index in [9.17, 15) is 0 Å². The van der Waals surface area contributed by atoms with Crippen molar-refractivity contribution >= 4 is 6.21 Å². The van der Waals surface area contributed by atoms with Gasteiger partial charge in [-0.25, -0.2) is 0 Å². The smallest absolute Gasteiger partial charge is 0.119 e. The molecular formula is C25H36N2O2. The van der Waals surface area contributed by atoms with Crippen LogP contribution in [0.5, 0.6) is 5.75 Å². The van der Waals surface area contributed by atoms with E-state index >= 15 is 0 Å². The molecule has 1 aliphatic rings. The van der Waals surface area contributed by atoms with E-state index < -0.39 is 0 Å². The highest BCUT2D eigenvalue weighted by Gasteiger charge is 2.18. The highest BCUT2D eigenvalue weighted by molar-refractivity contribution is 5.78. The summed E-state index contributed by atoms with van der Waals surface area (Å²) in [6, 6.07) is 8.17. The summed E-state index contributed by atoms with van der Waals surface area (Å²) in [6.07, 6.45) is 10.7. The third-order valence-electron chi connectivity index (χ3n) is 5.29. The topological polar surface area (TPSA) is 42.9 Å². The van der Waals surface area contributed by atoms with E-state index in [0.717, 1.165) is 48.6 Å². The van der Waals surface area contributed by atoms with Crippen molar-refractivity contribution in [3.63, 3.8) is 0 Å².